The monoisotopic (exact) mass is 316 g/mol. The normalized spacial score (nSPS) is 52.6. The summed E-state index contributed by atoms with van der Waals surface area (Å²) in [5.41, 5.74) is 1.44. The fourth-order valence-corrected chi connectivity index (χ4v) is 8.33. The molecule has 0 spiro atoms. The van der Waals surface area contributed by atoms with Crippen molar-refractivity contribution in [3.05, 3.63) is 0 Å². The van der Waals surface area contributed by atoms with Gasteiger partial charge in [0, 0.05) is 0 Å². The molecule has 23 heavy (non-hydrogen) atoms. The number of hydrogen-bond donors (Lipinski definition) is 0. The second-order valence-electron chi connectivity index (χ2n) is 10.4. The van der Waals surface area contributed by atoms with E-state index < -0.39 is 0 Å². The SMILES string of the molecule is CCCCC1CCC2[C@@H]3CC[C@@H]4CCCCC4(C)C3CCC12C. The lowest BCUT2D eigenvalue weighted by Gasteiger charge is -2.60. The zero-order valence-corrected chi connectivity index (χ0v) is 16.1. The topological polar surface area (TPSA) is 0 Å². The molecule has 4 aliphatic rings. The molecule has 0 heterocycles. The Morgan fingerprint density at radius 2 is 1.61 bits per heavy atom. The quantitative estimate of drug-likeness (QED) is 0.515. The maximum Gasteiger partial charge on any atom is -0.0266 e. The molecule has 0 heteroatoms. The maximum atomic E-state index is 2.72. The van der Waals surface area contributed by atoms with Crippen molar-refractivity contribution < 1.29 is 0 Å². The second-order valence-corrected chi connectivity index (χ2v) is 10.4. The molecule has 0 radical (unpaired) electrons. The minimum Gasteiger partial charge on any atom is -0.0654 e. The van der Waals surface area contributed by atoms with Crippen LogP contribution in [0.25, 0.3) is 0 Å². The van der Waals surface area contributed by atoms with Gasteiger partial charge in [0.05, 0.1) is 0 Å². The number of hydrogen-bond acceptors (Lipinski definition) is 0. The summed E-state index contributed by atoms with van der Waals surface area (Å²) < 4.78 is 0. The van der Waals surface area contributed by atoms with Crippen LogP contribution in [0.4, 0.5) is 0 Å². The minimum atomic E-state index is 0.716. The molecule has 0 nitrogen and oxygen atoms in total. The molecule has 4 saturated carbocycles. The summed E-state index contributed by atoms with van der Waals surface area (Å²) in [6.07, 6.45) is 20.0. The van der Waals surface area contributed by atoms with E-state index in [-0.39, 0.29) is 0 Å². The number of unbranched alkanes of at least 4 members (excludes halogenated alkanes) is 1. The van der Waals surface area contributed by atoms with Gasteiger partial charge in [-0.25, -0.2) is 0 Å². The highest BCUT2D eigenvalue weighted by atomic mass is 14.6. The van der Waals surface area contributed by atoms with Crippen LogP contribution in [0, 0.1) is 40.4 Å². The third-order valence-electron chi connectivity index (χ3n) is 9.69. The molecule has 0 amide bonds. The third kappa shape index (κ3) is 2.44. The Kier molecular flexibility index (Phi) is 4.34. The Hall–Kier alpha value is 0. The Morgan fingerprint density at radius 3 is 2.43 bits per heavy atom. The lowest BCUT2D eigenvalue weighted by Crippen LogP contribution is -2.52. The summed E-state index contributed by atoms with van der Waals surface area (Å²) in [6, 6.07) is 0. The van der Waals surface area contributed by atoms with E-state index in [9.17, 15) is 0 Å². The van der Waals surface area contributed by atoms with Gasteiger partial charge in [0.15, 0.2) is 0 Å². The molecule has 7 atom stereocenters. The number of rotatable bonds is 3. The first-order chi connectivity index (χ1) is 11.1. The van der Waals surface area contributed by atoms with E-state index in [1.807, 2.05) is 0 Å². The summed E-state index contributed by atoms with van der Waals surface area (Å²) in [7, 11) is 0. The van der Waals surface area contributed by atoms with Gasteiger partial charge in [-0.15, -0.1) is 0 Å². The second kappa shape index (κ2) is 6.06. The van der Waals surface area contributed by atoms with Crippen LogP contribution < -0.4 is 0 Å². The van der Waals surface area contributed by atoms with E-state index in [1.165, 1.54) is 32.1 Å². The Balaban J connectivity index is 1.55. The fourth-order valence-electron chi connectivity index (χ4n) is 8.33. The first-order valence-corrected chi connectivity index (χ1v) is 11.1. The molecule has 0 saturated heterocycles. The molecule has 0 aliphatic heterocycles. The predicted octanol–water partition coefficient (Wildman–Crippen LogP) is 7.23. The number of fused-ring (bicyclic) bond motifs is 5. The van der Waals surface area contributed by atoms with Crippen molar-refractivity contribution in [1.82, 2.24) is 0 Å². The smallest absolute Gasteiger partial charge is 0.0266 e. The van der Waals surface area contributed by atoms with E-state index in [1.54, 1.807) is 51.4 Å². The van der Waals surface area contributed by atoms with E-state index >= 15 is 0 Å². The largest absolute Gasteiger partial charge is 0.0654 e. The van der Waals surface area contributed by atoms with Crippen LogP contribution in [0.5, 0.6) is 0 Å². The van der Waals surface area contributed by atoms with Crippen LogP contribution in [-0.4, -0.2) is 0 Å². The molecule has 132 valence electrons. The zero-order valence-electron chi connectivity index (χ0n) is 16.1. The lowest BCUT2D eigenvalue weighted by atomic mass is 9.45. The van der Waals surface area contributed by atoms with Crippen LogP contribution in [0.15, 0.2) is 0 Å². The molecule has 0 bridgehead atoms. The first kappa shape index (κ1) is 16.5. The molecule has 5 unspecified atom stereocenters. The van der Waals surface area contributed by atoms with Gasteiger partial charge in [0.1, 0.15) is 0 Å². The van der Waals surface area contributed by atoms with Crippen molar-refractivity contribution in [2.45, 2.75) is 104 Å². The van der Waals surface area contributed by atoms with Crippen LogP contribution in [0.3, 0.4) is 0 Å². The van der Waals surface area contributed by atoms with E-state index in [2.05, 4.69) is 20.8 Å². The highest BCUT2D eigenvalue weighted by Crippen LogP contribution is 2.67. The zero-order chi connectivity index (χ0) is 16.1. The molecule has 0 aromatic carbocycles. The molecule has 4 fully saturated rings. The summed E-state index contributed by atoms with van der Waals surface area (Å²) in [5, 5.41) is 0. The van der Waals surface area contributed by atoms with Crippen molar-refractivity contribution in [3.63, 3.8) is 0 Å². The van der Waals surface area contributed by atoms with Crippen molar-refractivity contribution >= 4 is 0 Å². The van der Waals surface area contributed by atoms with Gasteiger partial charge in [-0.3, -0.25) is 0 Å². The molecule has 0 aromatic rings. The first-order valence-electron chi connectivity index (χ1n) is 11.1. The summed E-state index contributed by atoms with van der Waals surface area (Å²) in [4.78, 5) is 0. The van der Waals surface area contributed by atoms with Gasteiger partial charge >= 0.3 is 0 Å². The fraction of sp³-hybridized carbons (Fsp3) is 1.00. The molecular formula is C23H40. The van der Waals surface area contributed by atoms with Crippen LogP contribution in [0.1, 0.15) is 104 Å². The van der Waals surface area contributed by atoms with Gasteiger partial charge in [-0.1, -0.05) is 46.5 Å². The van der Waals surface area contributed by atoms with Gasteiger partial charge in [-0.05, 0) is 98.2 Å². The summed E-state index contributed by atoms with van der Waals surface area (Å²) >= 11 is 0. The Morgan fingerprint density at radius 1 is 0.783 bits per heavy atom. The van der Waals surface area contributed by atoms with Crippen LogP contribution >= 0.6 is 0 Å². The highest BCUT2D eigenvalue weighted by Gasteiger charge is 2.59. The molecule has 4 aliphatic carbocycles. The average Bonchev–Trinajstić information content (AvgIpc) is 2.89. The summed E-state index contributed by atoms with van der Waals surface area (Å²) in [6.45, 7) is 7.81. The van der Waals surface area contributed by atoms with E-state index in [0.717, 1.165) is 35.0 Å². The summed E-state index contributed by atoms with van der Waals surface area (Å²) in [5.74, 6) is 5.41. The van der Waals surface area contributed by atoms with Crippen molar-refractivity contribution in [3.8, 4) is 0 Å². The van der Waals surface area contributed by atoms with Crippen LogP contribution in [0.2, 0.25) is 0 Å². The molecule has 0 N–H and O–H groups in total. The van der Waals surface area contributed by atoms with Gasteiger partial charge < -0.3 is 0 Å². The van der Waals surface area contributed by atoms with E-state index in [0.29, 0.717) is 5.41 Å². The van der Waals surface area contributed by atoms with Crippen molar-refractivity contribution in [1.29, 1.82) is 0 Å². The highest BCUT2D eigenvalue weighted by molar-refractivity contribution is 5.08. The minimum absolute atomic E-state index is 0.716. The standard InChI is InChI=1S/C23H40/c1-4-5-8-17-11-13-20-19-12-10-18-9-6-7-15-22(18,2)21(19)14-16-23(17,20)3/h17-21H,4-16H2,1-3H3/t17?,18-,19-,20?,21?,22?,23?/m0/s1. The molecule has 0 aromatic heterocycles. The van der Waals surface area contributed by atoms with E-state index in [4.69, 9.17) is 0 Å². The van der Waals surface area contributed by atoms with Gasteiger partial charge in [-0.2, -0.15) is 0 Å². The third-order valence-corrected chi connectivity index (χ3v) is 9.69. The Bertz CT molecular complexity index is 426. The van der Waals surface area contributed by atoms with Gasteiger partial charge in [0.25, 0.3) is 0 Å². The Labute approximate surface area is 145 Å². The van der Waals surface area contributed by atoms with Crippen molar-refractivity contribution in [2.75, 3.05) is 0 Å². The average molecular weight is 317 g/mol. The van der Waals surface area contributed by atoms with Gasteiger partial charge in [0.2, 0.25) is 0 Å². The molecule has 4 rings (SSSR count). The predicted molar refractivity (Wildman–Crippen MR) is 99.4 cm³/mol. The van der Waals surface area contributed by atoms with Crippen LogP contribution in [-0.2, 0) is 0 Å². The van der Waals surface area contributed by atoms with Crippen molar-refractivity contribution in [2.24, 2.45) is 40.4 Å². The maximum absolute atomic E-state index is 2.72. The molecular weight excluding hydrogens is 276 g/mol. The lowest BCUT2D eigenvalue weighted by molar-refractivity contribution is -0.111.